The van der Waals surface area contributed by atoms with Crippen LogP contribution in [-0.4, -0.2) is 64.7 Å². The SMILES string of the molecule is CC1=C(/C=C/C(C)=C/C=C/C(C)=C/C=C/C=C(C)/C=C/C=C(C)/C=C/C2=C(C)C[C@@H](OC3OC(COC(=O)CCCCCCCCCCCC(C)C)C(O)C(O)C3O)CC2(C)C)C(C)(C)CCC1. The standard InChI is InChI=1S/C61H94O7/c1-44(2)27-20-18-16-14-13-15-17-19-21-35-55(62)66-43-54-56(63)57(64)58(65)59(68-54)67-51-41-50(8)53(61(11,12)42-51)39-37-48(6)33-25-31-46(4)29-23-22-28-45(3)30-24-32-47(5)36-38-52-49(7)34-26-40-60(52,9)10/h22-25,28-33,36-39,44,51,54,56-59,63-65H,13-21,26-27,34-35,40-43H2,1-12H3/b23-22+,30-24+,31-25+,38-36+,39-37+,45-28+,46-29+,47-32+,48-33+/t51-,54?,56?,57?,58?,59?/m1/s1. The minimum absolute atomic E-state index is 0.219. The summed E-state index contributed by atoms with van der Waals surface area (Å²) in [5.41, 5.74) is 10.2. The van der Waals surface area contributed by atoms with Gasteiger partial charge in [-0.15, -0.1) is 0 Å². The second-order valence-electron chi connectivity index (χ2n) is 21.9. The van der Waals surface area contributed by atoms with E-state index in [4.69, 9.17) is 14.2 Å². The van der Waals surface area contributed by atoms with E-state index in [0.29, 0.717) is 19.3 Å². The molecule has 5 unspecified atom stereocenters. The van der Waals surface area contributed by atoms with Gasteiger partial charge in [0.05, 0.1) is 6.10 Å². The van der Waals surface area contributed by atoms with Crippen LogP contribution in [0, 0.1) is 16.7 Å². The Morgan fingerprint density at radius 1 is 0.662 bits per heavy atom. The molecule has 0 aromatic rings. The number of aliphatic hydroxyl groups excluding tert-OH is 3. The van der Waals surface area contributed by atoms with E-state index in [1.54, 1.807) is 0 Å². The molecule has 6 atom stereocenters. The highest BCUT2D eigenvalue weighted by atomic mass is 16.7. The molecule has 2 aliphatic carbocycles. The average molecular weight is 939 g/mol. The molecule has 1 aliphatic heterocycles. The predicted octanol–water partition coefficient (Wildman–Crippen LogP) is 14.9. The third-order valence-electron chi connectivity index (χ3n) is 13.9. The van der Waals surface area contributed by atoms with Gasteiger partial charge in [0.2, 0.25) is 0 Å². The summed E-state index contributed by atoms with van der Waals surface area (Å²) >= 11 is 0. The third-order valence-corrected chi connectivity index (χ3v) is 13.9. The molecular weight excluding hydrogens is 845 g/mol. The summed E-state index contributed by atoms with van der Waals surface area (Å²) < 4.78 is 17.8. The van der Waals surface area contributed by atoms with E-state index in [0.717, 1.165) is 36.3 Å². The molecule has 3 N–H and O–H groups in total. The minimum Gasteiger partial charge on any atom is -0.463 e. The Bertz CT molecular complexity index is 1920. The maximum Gasteiger partial charge on any atom is 0.305 e. The normalized spacial score (nSPS) is 25.8. The topological polar surface area (TPSA) is 105 Å². The predicted molar refractivity (Wildman–Crippen MR) is 285 cm³/mol. The number of ether oxygens (including phenoxy) is 3. The number of unbranched alkanes of at least 4 members (excludes halogenated alkanes) is 8. The van der Waals surface area contributed by atoms with Gasteiger partial charge >= 0.3 is 5.97 Å². The molecule has 0 radical (unpaired) electrons. The highest BCUT2D eigenvalue weighted by molar-refractivity contribution is 5.69. The molecule has 380 valence electrons. The van der Waals surface area contributed by atoms with Gasteiger partial charge in [-0.05, 0) is 108 Å². The van der Waals surface area contributed by atoms with Gasteiger partial charge in [-0.2, -0.15) is 0 Å². The second kappa shape index (κ2) is 30.2. The summed E-state index contributed by atoms with van der Waals surface area (Å²) in [6.07, 6.45) is 40.4. The van der Waals surface area contributed by atoms with Crippen LogP contribution in [0.3, 0.4) is 0 Å². The summed E-state index contributed by atoms with van der Waals surface area (Å²) in [4.78, 5) is 12.6. The number of esters is 1. The summed E-state index contributed by atoms with van der Waals surface area (Å²) in [5, 5.41) is 32.3. The minimum atomic E-state index is -1.49. The Labute approximate surface area is 414 Å². The van der Waals surface area contributed by atoms with Crippen molar-refractivity contribution in [1.82, 2.24) is 0 Å². The van der Waals surface area contributed by atoms with E-state index in [2.05, 4.69) is 168 Å². The van der Waals surface area contributed by atoms with Crippen LogP contribution in [0.15, 0.2) is 130 Å². The van der Waals surface area contributed by atoms with E-state index in [1.807, 2.05) is 0 Å². The molecule has 1 saturated heterocycles. The first-order chi connectivity index (χ1) is 32.2. The van der Waals surface area contributed by atoms with Crippen molar-refractivity contribution in [3.8, 4) is 0 Å². The molecule has 0 aromatic heterocycles. The lowest BCUT2D eigenvalue weighted by molar-refractivity contribution is -0.313. The van der Waals surface area contributed by atoms with Gasteiger partial charge < -0.3 is 29.5 Å². The first-order valence-electron chi connectivity index (χ1n) is 26.2. The van der Waals surface area contributed by atoms with Crippen molar-refractivity contribution in [3.05, 3.63) is 130 Å². The molecule has 3 rings (SSSR count). The highest BCUT2D eigenvalue weighted by Gasteiger charge is 2.46. The van der Waals surface area contributed by atoms with Crippen LogP contribution >= 0.6 is 0 Å². The smallest absolute Gasteiger partial charge is 0.305 e. The summed E-state index contributed by atoms with van der Waals surface area (Å²) in [6, 6.07) is 0. The zero-order valence-corrected chi connectivity index (χ0v) is 44.6. The number of hydrogen-bond donors (Lipinski definition) is 3. The maximum atomic E-state index is 12.6. The fourth-order valence-corrected chi connectivity index (χ4v) is 9.69. The van der Waals surface area contributed by atoms with E-state index >= 15 is 0 Å². The molecule has 1 fully saturated rings. The molecule has 7 heteroatoms. The molecule has 0 bridgehead atoms. The van der Waals surface area contributed by atoms with Gasteiger partial charge in [0.15, 0.2) is 6.29 Å². The van der Waals surface area contributed by atoms with Gasteiger partial charge in [0.25, 0.3) is 0 Å². The summed E-state index contributed by atoms with van der Waals surface area (Å²) in [5.74, 6) is 0.436. The molecular formula is C61H94O7. The monoisotopic (exact) mass is 939 g/mol. The van der Waals surface area contributed by atoms with Crippen LogP contribution < -0.4 is 0 Å². The van der Waals surface area contributed by atoms with Crippen LogP contribution in [-0.2, 0) is 19.0 Å². The van der Waals surface area contributed by atoms with Crippen LogP contribution in [0.4, 0.5) is 0 Å². The highest BCUT2D eigenvalue weighted by Crippen LogP contribution is 2.43. The largest absolute Gasteiger partial charge is 0.463 e. The van der Waals surface area contributed by atoms with Gasteiger partial charge in [-0.1, -0.05) is 218 Å². The van der Waals surface area contributed by atoms with Crippen molar-refractivity contribution in [2.24, 2.45) is 16.7 Å². The van der Waals surface area contributed by atoms with Crippen molar-refractivity contribution in [1.29, 1.82) is 0 Å². The van der Waals surface area contributed by atoms with Crippen LogP contribution in [0.1, 0.15) is 186 Å². The lowest BCUT2D eigenvalue weighted by atomic mass is 9.71. The van der Waals surface area contributed by atoms with Crippen LogP contribution in [0.25, 0.3) is 0 Å². The average Bonchev–Trinajstić information content (AvgIpc) is 3.25. The molecule has 0 aromatic carbocycles. The first-order valence-corrected chi connectivity index (χ1v) is 26.2. The lowest BCUT2D eigenvalue weighted by Gasteiger charge is -2.43. The Morgan fingerprint density at radius 2 is 1.16 bits per heavy atom. The Hall–Kier alpha value is -3.59. The van der Waals surface area contributed by atoms with Crippen LogP contribution in [0.2, 0.25) is 0 Å². The first kappa shape index (κ1) is 58.7. The van der Waals surface area contributed by atoms with E-state index in [9.17, 15) is 20.1 Å². The molecule has 68 heavy (non-hydrogen) atoms. The number of allylic oxidation sites excluding steroid dienone is 21. The molecule has 3 aliphatic rings. The third kappa shape index (κ3) is 21.6. The van der Waals surface area contributed by atoms with E-state index in [1.165, 1.54) is 97.6 Å². The fraction of sp³-hybridized carbons (Fsp3) is 0.623. The molecule has 0 amide bonds. The van der Waals surface area contributed by atoms with E-state index in [-0.39, 0.29) is 29.5 Å². The fourth-order valence-electron chi connectivity index (χ4n) is 9.69. The summed E-state index contributed by atoms with van der Waals surface area (Å²) in [7, 11) is 0. The zero-order valence-electron chi connectivity index (χ0n) is 44.6. The number of hydrogen-bond acceptors (Lipinski definition) is 7. The van der Waals surface area contributed by atoms with Crippen molar-refractivity contribution < 1.29 is 34.3 Å². The van der Waals surface area contributed by atoms with Gasteiger partial charge in [-0.3, -0.25) is 4.79 Å². The number of carbonyl (C=O) groups is 1. The van der Waals surface area contributed by atoms with Gasteiger partial charge in [0, 0.05) is 6.42 Å². The Balaban J connectivity index is 1.44. The maximum absolute atomic E-state index is 12.6. The van der Waals surface area contributed by atoms with Crippen LogP contribution in [0.5, 0.6) is 0 Å². The van der Waals surface area contributed by atoms with Gasteiger partial charge in [0.1, 0.15) is 31.0 Å². The number of rotatable bonds is 26. The number of carbonyl (C=O) groups excluding carboxylic acids is 1. The van der Waals surface area contributed by atoms with Crippen molar-refractivity contribution in [2.45, 2.75) is 223 Å². The van der Waals surface area contributed by atoms with Gasteiger partial charge in [-0.25, -0.2) is 0 Å². The molecule has 0 saturated carbocycles. The molecule has 7 nitrogen and oxygen atoms in total. The van der Waals surface area contributed by atoms with Crippen molar-refractivity contribution >= 4 is 5.97 Å². The quantitative estimate of drug-likeness (QED) is 0.0451. The van der Waals surface area contributed by atoms with Crippen molar-refractivity contribution in [3.63, 3.8) is 0 Å². The van der Waals surface area contributed by atoms with E-state index < -0.39 is 30.7 Å². The number of aliphatic hydroxyl groups is 3. The lowest BCUT2D eigenvalue weighted by Crippen LogP contribution is -2.60. The van der Waals surface area contributed by atoms with Crippen molar-refractivity contribution in [2.75, 3.05) is 6.61 Å². The molecule has 1 heterocycles. The molecule has 0 spiro atoms. The Morgan fingerprint density at radius 3 is 1.69 bits per heavy atom. The summed E-state index contributed by atoms with van der Waals surface area (Å²) in [6.45, 7) is 26.3. The second-order valence-corrected chi connectivity index (χ2v) is 21.9. The Kier molecular flexibility index (Phi) is 26.1. The zero-order chi connectivity index (χ0) is 50.3.